The van der Waals surface area contributed by atoms with Crippen LogP contribution in [-0.2, 0) is 6.54 Å². The van der Waals surface area contributed by atoms with Crippen LogP contribution in [0.2, 0.25) is 0 Å². The molecule has 1 N–H and O–H groups in total. The van der Waals surface area contributed by atoms with Gasteiger partial charge in [-0.1, -0.05) is 0 Å². The average Bonchev–Trinajstić information content (AvgIpc) is 3.09. The topological polar surface area (TPSA) is 42.7 Å². The van der Waals surface area contributed by atoms with Gasteiger partial charge in [0.05, 0.1) is 6.20 Å². The van der Waals surface area contributed by atoms with Gasteiger partial charge < -0.3 is 5.32 Å². The van der Waals surface area contributed by atoms with E-state index in [0.29, 0.717) is 12.6 Å². The molecule has 0 unspecified atom stereocenters. The van der Waals surface area contributed by atoms with Crippen LogP contribution in [0.3, 0.4) is 0 Å². The van der Waals surface area contributed by atoms with Gasteiger partial charge in [0.15, 0.2) is 0 Å². The fraction of sp³-hybridized carbons (Fsp3) is 0.385. The normalized spacial score (nSPS) is 15.0. The molecule has 4 nitrogen and oxygen atoms in total. The number of nitrogens with zero attached hydrogens (tertiary/aromatic N) is 3. The van der Waals surface area contributed by atoms with Crippen molar-refractivity contribution in [3.63, 3.8) is 0 Å². The molecule has 0 spiro atoms. The summed E-state index contributed by atoms with van der Waals surface area (Å²) in [6.45, 7) is 2.55. The summed E-state index contributed by atoms with van der Waals surface area (Å²) in [5, 5.41) is 3.38. The molecule has 2 heterocycles. The second-order valence-electron chi connectivity index (χ2n) is 4.64. The number of aryl methyl sites for hydroxylation is 1. The van der Waals surface area contributed by atoms with E-state index in [1.807, 2.05) is 17.7 Å². The molecular weight excluding hydrogens is 231 g/mol. The Morgan fingerprint density at radius 3 is 2.94 bits per heavy atom. The monoisotopic (exact) mass is 246 g/mol. The highest BCUT2D eigenvalue weighted by molar-refractivity contribution is 5.35. The van der Waals surface area contributed by atoms with Crippen LogP contribution in [0.25, 0.3) is 5.82 Å². The molecule has 5 heteroatoms. The van der Waals surface area contributed by atoms with Crippen LogP contribution >= 0.6 is 0 Å². The predicted octanol–water partition coefficient (Wildman–Crippen LogP) is 1.97. The second-order valence-corrected chi connectivity index (χ2v) is 4.64. The summed E-state index contributed by atoms with van der Waals surface area (Å²) in [7, 11) is 0. The van der Waals surface area contributed by atoms with E-state index in [2.05, 4.69) is 15.3 Å². The number of hydrogen-bond acceptors (Lipinski definition) is 3. The maximum absolute atomic E-state index is 13.3. The van der Waals surface area contributed by atoms with Crippen LogP contribution in [0.15, 0.2) is 24.7 Å². The first-order valence-corrected chi connectivity index (χ1v) is 6.12. The number of aromatic nitrogens is 3. The third kappa shape index (κ3) is 2.26. The second kappa shape index (κ2) is 4.49. The first-order valence-electron chi connectivity index (χ1n) is 6.12. The number of nitrogens with one attached hydrogen (secondary N) is 1. The van der Waals surface area contributed by atoms with E-state index in [-0.39, 0.29) is 5.82 Å². The molecule has 1 fully saturated rings. The molecule has 0 saturated heterocycles. The number of halogens is 1. The van der Waals surface area contributed by atoms with Crippen molar-refractivity contribution in [3.8, 4) is 5.82 Å². The van der Waals surface area contributed by atoms with Gasteiger partial charge in [0, 0.05) is 30.5 Å². The van der Waals surface area contributed by atoms with Crippen LogP contribution in [0.1, 0.15) is 24.2 Å². The number of pyridine rings is 1. The summed E-state index contributed by atoms with van der Waals surface area (Å²) in [6, 6.07) is 2.13. The van der Waals surface area contributed by atoms with E-state index in [9.17, 15) is 4.39 Å². The van der Waals surface area contributed by atoms with Gasteiger partial charge in [0.2, 0.25) is 0 Å². The standard InChI is InChI=1S/C13H15FN4/c1-9-15-4-5-18(9)13-10(6-11(14)8-17-13)7-16-12-2-3-12/h4-6,8,12,16H,2-3,7H2,1H3. The molecular formula is C13H15FN4. The lowest BCUT2D eigenvalue weighted by Crippen LogP contribution is -2.18. The lowest BCUT2D eigenvalue weighted by Gasteiger charge is -2.11. The largest absolute Gasteiger partial charge is 0.310 e. The molecule has 2 aromatic rings. The van der Waals surface area contributed by atoms with Crippen molar-refractivity contribution in [3.05, 3.63) is 41.9 Å². The van der Waals surface area contributed by atoms with Gasteiger partial charge in [0.25, 0.3) is 0 Å². The minimum Gasteiger partial charge on any atom is -0.310 e. The Kier molecular flexibility index (Phi) is 2.83. The molecule has 1 saturated carbocycles. The molecule has 1 aliphatic carbocycles. The number of imidazole rings is 1. The van der Waals surface area contributed by atoms with Crippen molar-refractivity contribution < 1.29 is 4.39 Å². The van der Waals surface area contributed by atoms with E-state index >= 15 is 0 Å². The van der Waals surface area contributed by atoms with E-state index in [4.69, 9.17) is 0 Å². The van der Waals surface area contributed by atoms with Crippen molar-refractivity contribution in [1.82, 2.24) is 19.9 Å². The molecule has 1 aliphatic rings. The van der Waals surface area contributed by atoms with E-state index in [0.717, 1.165) is 17.2 Å². The summed E-state index contributed by atoms with van der Waals surface area (Å²) in [4.78, 5) is 8.36. The minimum absolute atomic E-state index is 0.302. The fourth-order valence-corrected chi connectivity index (χ4v) is 1.96. The summed E-state index contributed by atoms with van der Waals surface area (Å²) in [6.07, 6.45) is 7.23. The predicted molar refractivity (Wildman–Crippen MR) is 65.9 cm³/mol. The van der Waals surface area contributed by atoms with Crippen molar-refractivity contribution in [1.29, 1.82) is 0 Å². The lowest BCUT2D eigenvalue weighted by molar-refractivity contribution is 0.609. The molecule has 0 radical (unpaired) electrons. The Balaban J connectivity index is 1.94. The van der Waals surface area contributed by atoms with Crippen LogP contribution < -0.4 is 5.32 Å². The molecule has 0 aromatic carbocycles. The Labute approximate surface area is 105 Å². The summed E-state index contributed by atoms with van der Waals surface area (Å²) in [5.41, 5.74) is 0.864. The van der Waals surface area contributed by atoms with Crippen LogP contribution in [-0.4, -0.2) is 20.6 Å². The molecule has 2 aromatic heterocycles. The highest BCUT2D eigenvalue weighted by Gasteiger charge is 2.21. The van der Waals surface area contributed by atoms with Crippen LogP contribution in [0, 0.1) is 12.7 Å². The smallest absolute Gasteiger partial charge is 0.142 e. The Hall–Kier alpha value is -1.75. The van der Waals surface area contributed by atoms with Gasteiger partial charge in [0.1, 0.15) is 17.5 Å². The maximum atomic E-state index is 13.3. The number of hydrogen-bond donors (Lipinski definition) is 1. The summed E-state index contributed by atoms with van der Waals surface area (Å²) in [5.74, 6) is 1.30. The van der Waals surface area contributed by atoms with E-state index in [1.165, 1.54) is 25.1 Å². The van der Waals surface area contributed by atoms with Crippen molar-refractivity contribution in [2.45, 2.75) is 32.4 Å². The Bertz CT molecular complexity index is 560. The molecule has 0 atom stereocenters. The molecule has 0 bridgehead atoms. The first-order chi connectivity index (χ1) is 8.74. The zero-order valence-electron chi connectivity index (χ0n) is 10.2. The van der Waals surface area contributed by atoms with Gasteiger partial charge in [-0.25, -0.2) is 14.4 Å². The average molecular weight is 246 g/mol. The summed E-state index contributed by atoms with van der Waals surface area (Å²) >= 11 is 0. The van der Waals surface area contributed by atoms with Gasteiger partial charge >= 0.3 is 0 Å². The van der Waals surface area contributed by atoms with Crippen molar-refractivity contribution in [2.75, 3.05) is 0 Å². The van der Waals surface area contributed by atoms with Crippen molar-refractivity contribution >= 4 is 0 Å². The molecule has 0 aliphatic heterocycles. The van der Waals surface area contributed by atoms with E-state index in [1.54, 1.807) is 6.20 Å². The molecule has 94 valence electrons. The van der Waals surface area contributed by atoms with Gasteiger partial charge in [-0.05, 0) is 25.8 Å². The zero-order chi connectivity index (χ0) is 12.5. The molecule has 0 amide bonds. The minimum atomic E-state index is -0.302. The zero-order valence-corrected chi connectivity index (χ0v) is 10.2. The van der Waals surface area contributed by atoms with Gasteiger partial charge in [-0.3, -0.25) is 4.57 Å². The van der Waals surface area contributed by atoms with Crippen LogP contribution in [0.4, 0.5) is 4.39 Å². The lowest BCUT2D eigenvalue weighted by atomic mass is 10.2. The SMILES string of the molecule is Cc1nccn1-c1ncc(F)cc1CNC1CC1. The Morgan fingerprint density at radius 2 is 2.28 bits per heavy atom. The third-order valence-corrected chi connectivity index (χ3v) is 3.12. The van der Waals surface area contributed by atoms with Gasteiger partial charge in [-0.15, -0.1) is 0 Å². The van der Waals surface area contributed by atoms with Crippen molar-refractivity contribution in [2.24, 2.45) is 0 Å². The summed E-state index contributed by atoms with van der Waals surface area (Å²) < 4.78 is 15.2. The quantitative estimate of drug-likeness (QED) is 0.896. The third-order valence-electron chi connectivity index (χ3n) is 3.12. The maximum Gasteiger partial charge on any atom is 0.142 e. The molecule has 3 rings (SSSR count). The highest BCUT2D eigenvalue weighted by Crippen LogP contribution is 2.21. The van der Waals surface area contributed by atoms with Gasteiger partial charge in [-0.2, -0.15) is 0 Å². The fourth-order valence-electron chi connectivity index (χ4n) is 1.96. The number of rotatable bonds is 4. The van der Waals surface area contributed by atoms with Crippen LogP contribution in [0.5, 0.6) is 0 Å². The Morgan fingerprint density at radius 1 is 1.44 bits per heavy atom. The highest BCUT2D eigenvalue weighted by atomic mass is 19.1. The first kappa shape index (κ1) is 11.3. The van der Waals surface area contributed by atoms with E-state index < -0.39 is 0 Å². The molecule has 18 heavy (non-hydrogen) atoms.